The van der Waals surface area contributed by atoms with Crippen molar-refractivity contribution in [2.45, 2.75) is 0 Å². The number of carbonyl (C=O) groups excluding carboxylic acids is 1. The molecule has 0 aliphatic carbocycles. The molecule has 0 unspecified atom stereocenters. The Balaban J connectivity index is 2.23. The SMILES string of the molecule is COc1ccc(NC(=O)c2cc(Br)ccn2)c(OC)c1. The lowest BCUT2D eigenvalue weighted by molar-refractivity contribution is 0.102. The Kier molecular flexibility index (Phi) is 4.57. The van der Waals surface area contributed by atoms with Crippen LogP contribution in [0.3, 0.4) is 0 Å². The molecule has 1 aromatic heterocycles. The van der Waals surface area contributed by atoms with Gasteiger partial charge in [-0.3, -0.25) is 9.78 Å². The first kappa shape index (κ1) is 14.3. The molecule has 104 valence electrons. The number of halogens is 1. The molecule has 1 N–H and O–H groups in total. The van der Waals surface area contributed by atoms with E-state index in [4.69, 9.17) is 9.47 Å². The Morgan fingerprint density at radius 1 is 1.20 bits per heavy atom. The number of hydrogen-bond donors (Lipinski definition) is 1. The molecule has 2 aromatic rings. The van der Waals surface area contributed by atoms with Gasteiger partial charge in [0, 0.05) is 16.7 Å². The van der Waals surface area contributed by atoms with Crippen LogP contribution in [-0.2, 0) is 0 Å². The van der Waals surface area contributed by atoms with Gasteiger partial charge in [-0.1, -0.05) is 15.9 Å². The molecule has 0 spiro atoms. The molecule has 0 atom stereocenters. The van der Waals surface area contributed by atoms with Gasteiger partial charge in [-0.2, -0.15) is 0 Å². The van der Waals surface area contributed by atoms with E-state index in [2.05, 4.69) is 26.2 Å². The first-order chi connectivity index (χ1) is 9.63. The zero-order valence-electron chi connectivity index (χ0n) is 11.0. The molecule has 0 aliphatic rings. The summed E-state index contributed by atoms with van der Waals surface area (Å²) >= 11 is 3.30. The summed E-state index contributed by atoms with van der Waals surface area (Å²) in [5.41, 5.74) is 0.873. The number of amides is 1. The Hall–Kier alpha value is -2.08. The van der Waals surface area contributed by atoms with Crippen molar-refractivity contribution in [3.63, 3.8) is 0 Å². The van der Waals surface area contributed by atoms with E-state index in [1.54, 1.807) is 43.6 Å². The molecular weight excluding hydrogens is 324 g/mol. The van der Waals surface area contributed by atoms with Gasteiger partial charge in [0.2, 0.25) is 0 Å². The second-order valence-corrected chi connectivity index (χ2v) is 4.80. The van der Waals surface area contributed by atoms with E-state index in [-0.39, 0.29) is 5.91 Å². The zero-order valence-corrected chi connectivity index (χ0v) is 12.6. The van der Waals surface area contributed by atoms with Crippen LogP contribution in [0.25, 0.3) is 0 Å². The van der Waals surface area contributed by atoms with E-state index >= 15 is 0 Å². The van der Waals surface area contributed by atoms with Crippen molar-refractivity contribution in [1.29, 1.82) is 0 Å². The number of pyridine rings is 1. The highest BCUT2D eigenvalue weighted by Crippen LogP contribution is 2.29. The van der Waals surface area contributed by atoms with Gasteiger partial charge < -0.3 is 14.8 Å². The van der Waals surface area contributed by atoms with Crippen molar-refractivity contribution in [1.82, 2.24) is 4.98 Å². The van der Waals surface area contributed by atoms with Crippen LogP contribution >= 0.6 is 15.9 Å². The van der Waals surface area contributed by atoms with Crippen LogP contribution in [0.15, 0.2) is 41.0 Å². The van der Waals surface area contributed by atoms with Gasteiger partial charge in [-0.05, 0) is 24.3 Å². The summed E-state index contributed by atoms with van der Waals surface area (Å²) in [6, 6.07) is 8.56. The number of aromatic nitrogens is 1. The minimum absolute atomic E-state index is 0.310. The molecule has 2 rings (SSSR count). The van der Waals surface area contributed by atoms with Crippen molar-refractivity contribution < 1.29 is 14.3 Å². The standard InChI is InChI=1S/C14H13BrN2O3/c1-19-10-3-4-11(13(8-10)20-2)17-14(18)12-7-9(15)5-6-16-12/h3-8H,1-2H3,(H,17,18). The topological polar surface area (TPSA) is 60.5 Å². The van der Waals surface area contributed by atoms with E-state index in [0.717, 1.165) is 4.47 Å². The molecule has 20 heavy (non-hydrogen) atoms. The number of hydrogen-bond acceptors (Lipinski definition) is 4. The Bertz CT molecular complexity index is 632. The molecule has 0 bridgehead atoms. The number of methoxy groups -OCH3 is 2. The lowest BCUT2D eigenvalue weighted by Crippen LogP contribution is -2.14. The quantitative estimate of drug-likeness (QED) is 0.931. The van der Waals surface area contributed by atoms with Crippen LogP contribution in [0, 0.1) is 0 Å². The van der Waals surface area contributed by atoms with Gasteiger partial charge in [0.1, 0.15) is 17.2 Å². The van der Waals surface area contributed by atoms with Gasteiger partial charge in [0.05, 0.1) is 19.9 Å². The minimum atomic E-state index is -0.310. The maximum absolute atomic E-state index is 12.1. The Morgan fingerprint density at radius 3 is 2.65 bits per heavy atom. The summed E-state index contributed by atoms with van der Waals surface area (Å²) in [4.78, 5) is 16.1. The molecule has 5 nitrogen and oxygen atoms in total. The molecule has 0 saturated carbocycles. The summed E-state index contributed by atoms with van der Waals surface area (Å²) in [7, 11) is 3.10. The van der Waals surface area contributed by atoms with Crippen molar-refractivity contribution in [2.24, 2.45) is 0 Å². The molecule has 0 fully saturated rings. The fourth-order valence-electron chi connectivity index (χ4n) is 1.62. The number of rotatable bonds is 4. The van der Waals surface area contributed by atoms with E-state index in [1.165, 1.54) is 7.11 Å². The maximum atomic E-state index is 12.1. The van der Waals surface area contributed by atoms with Crippen molar-refractivity contribution in [3.8, 4) is 11.5 Å². The lowest BCUT2D eigenvalue weighted by Gasteiger charge is -2.11. The zero-order chi connectivity index (χ0) is 14.5. The number of anilines is 1. The third-order valence-electron chi connectivity index (χ3n) is 2.61. The van der Waals surface area contributed by atoms with Crippen LogP contribution in [0.2, 0.25) is 0 Å². The number of ether oxygens (including phenoxy) is 2. The Labute approximate surface area is 125 Å². The number of benzene rings is 1. The van der Waals surface area contributed by atoms with Crippen molar-refractivity contribution in [2.75, 3.05) is 19.5 Å². The first-order valence-electron chi connectivity index (χ1n) is 5.79. The molecule has 0 saturated heterocycles. The average Bonchev–Trinajstić information content (AvgIpc) is 2.47. The third kappa shape index (κ3) is 3.27. The minimum Gasteiger partial charge on any atom is -0.497 e. The number of nitrogens with zero attached hydrogens (tertiary/aromatic N) is 1. The summed E-state index contributed by atoms with van der Waals surface area (Å²) in [6.45, 7) is 0. The van der Waals surface area contributed by atoms with Crippen LogP contribution in [0.5, 0.6) is 11.5 Å². The molecular formula is C14H13BrN2O3. The van der Waals surface area contributed by atoms with Gasteiger partial charge in [-0.15, -0.1) is 0 Å². The highest BCUT2D eigenvalue weighted by molar-refractivity contribution is 9.10. The van der Waals surface area contributed by atoms with Crippen LogP contribution in [0.1, 0.15) is 10.5 Å². The average molecular weight is 337 g/mol. The van der Waals surface area contributed by atoms with E-state index < -0.39 is 0 Å². The molecule has 0 aliphatic heterocycles. The van der Waals surface area contributed by atoms with E-state index in [1.807, 2.05) is 0 Å². The van der Waals surface area contributed by atoms with Crippen LogP contribution in [0.4, 0.5) is 5.69 Å². The summed E-state index contributed by atoms with van der Waals surface area (Å²) in [5.74, 6) is 0.864. The predicted molar refractivity (Wildman–Crippen MR) is 79.4 cm³/mol. The number of carbonyl (C=O) groups is 1. The Morgan fingerprint density at radius 2 is 2.00 bits per heavy atom. The van der Waals surface area contributed by atoms with Gasteiger partial charge in [0.25, 0.3) is 5.91 Å². The van der Waals surface area contributed by atoms with Gasteiger partial charge >= 0.3 is 0 Å². The molecule has 1 amide bonds. The van der Waals surface area contributed by atoms with Crippen LogP contribution in [-0.4, -0.2) is 25.1 Å². The highest BCUT2D eigenvalue weighted by atomic mass is 79.9. The van der Waals surface area contributed by atoms with Gasteiger partial charge in [-0.25, -0.2) is 0 Å². The van der Waals surface area contributed by atoms with Crippen LogP contribution < -0.4 is 14.8 Å². The molecule has 0 radical (unpaired) electrons. The fourth-order valence-corrected chi connectivity index (χ4v) is 1.95. The van der Waals surface area contributed by atoms with Crippen molar-refractivity contribution in [3.05, 3.63) is 46.7 Å². The molecule has 1 aromatic carbocycles. The highest BCUT2D eigenvalue weighted by Gasteiger charge is 2.12. The fraction of sp³-hybridized carbons (Fsp3) is 0.143. The summed E-state index contributed by atoms with van der Waals surface area (Å²) in [6.07, 6.45) is 1.56. The number of nitrogens with one attached hydrogen (secondary N) is 1. The summed E-state index contributed by atoms with van der Waals surface area (Å²) < 4.78 is 11.1. The molecule has 1 heterocycles. The smallest absolute Gasteiger partial charge is 0.274 e. The maximum Gasteiger partial charge on any atom is 0.274 e. The summed E-state index contributed by atoms with van der Waals surface area (Å²) in [5, 5.41) is 2.75. The lowest BCUT2D eigenvalue weighted by atomic mass is 10.2. The van der Waals surface area contributed by atoms with Gasteiger partial charge in [0.15, 0.2) is 0 Å². The second kappa shape index (κ2) is 6.38. The predicted octanol–water partition coefficient (Wildman–Crippen LogP) is 3.11. The second-order valence-electron chi connectivity index (χ2n) is 3.88. The monoisotopic (exact) mass is 336 g/mol. The first-order valence-corrected chi connectivity index (χ1v) is 6.58. The molecule has 6 heteroatoms. The largest absolute Gasteiger partial charge is 0.497 e. The van der Waals surface area contributed by atoms with E-state index in [0.29, 0.717) is 22.9 Å². The van der Waals surface area contributed by atoms with E-state index in [9.17, 15) is 4.79 Å². The third-order valence-corrected chi connectivity index (χ3v) is 3.10. The van der Waals surface area contributed by atoms with Crippen molar-refractivity contribution >= 4 is 27.5 Å². The normalized spacial score (nSPS) is 9.95.